The molecule has 216 valence electrons. The number of thioether (sulfide) groups is 1. The largest absolute Gasteiger partial charge is 0.489 e. The van der Waals surface area contributed by atoms with E-state index in [9.17, 15) is 4.79 Å². The maximum absolute atomic E-state index is 13.9. The molecule has 6 rings (SSSR count). The van der Waals surface area contributed by atoms with Crippen LogP contribution in [0.25, 0.3) is 0 Å². The van der Waals surface area contributed by atoms with Gasteiger partial charge in [0.25, 0.3) is 5.91 Å². The standard InChI is InChI=1S/C34H30BrN5O2S/c1-22-9-6-7-14-29(22)37-32(41)30-23(2)36-33-38-34(43-21-24-10-4-3-5-11-24)39-40(33)31(30)26-15-17-28(18-16-26)42-20-25-12-8-13-27(35)19-25/h3-19,31H,20-21H2,1-2H3,(H,37,41)(H,36,38,39). The number of benzene rings is 4. The van der Waals surface area contributed by atoms with Crippen LogP contribution in [0.4, 0.5) is 11.6 Å². The molecule has 0 spiro atoms. The summed E-state index contributed by atoms with van der Waals surface area (Å²) >= 11 is 5.07. The molecular weight excluding hydrogens is 622 g/mol. The number of para-hydroxylation sites is 1. The van der Waals surface area contributed by atoms with E-state index in [1.165, 1.54) is 5.56 Å². The van der Waals surface area contributed by atoms with Crippen LogP contribution in [0.1, 0.15) is 35.2 Å². The third kappa shape index (κ3) is 6.68. The van der Waals surface area contributed by atoms with Gasteiger partial charge in [-0.2, -0.15) is 4.98 Å². The van der Waals surface area contributed by atoms with Crippen LogP contribution in [0.2, 0.25) is 0 Å². The zero-order valence-electron chi connectivity index (χ0n) is 23.8. The van der Waals surface area contributed by atoms with Gasteiger partial charge in [0.1, 0.15) is 18.4 Å². The highest BCUT2D eigenvalue weighted by molar-refractivity contribution is 9.10. The van der Waals surface area contributed by atoms with Crippen LogP contribution < -0.4 is 15.4 Å². The van der Waals surface area contributed by atoms with E-state index in [4.69, 9.17) is 14.8 Å². The van der Waals surface area contributed by atoms with Crippen molar-refractivity contribution in [3.05, 3.63) is 141 Å². The van der Waals surface area contributed by atoms with E-state index in [-0.39, 0.29) is 5.91 Å². The third-order valence-electron chi connectivity index (χ3n) is 7.17. The van der Waals surface area contributed by atoms with Gasteiger partial charge in [-0.15, -0.1) is 5.10 Å². The number of anilines is 2. The predicted molar refractivity (Wildman–Crippen MR) is 175 cm³/mol. The molecule has 5 aromatic rings. The Balaban J connectivity index is 1.30. The number of carbonyl (C=O) groups excluding carboxylic acids is 1. The van der Waals surface area contributed by atoms with Gasteiger partial charge in [0.05, 0.1) is 5.57 Å². The first-order valence-corrected chi connectivity index (χ1v) is 15.7. The molecule has 1 amide bonds. The van der Waals surface area contributed by atoms with Gasteiger partial charge in [-0.05, 0) is 66.4 Å². The van der Waals surface area contributed by atoms with E-state index in [0.717, 1.165) is 44.0 Å². The number of amides is 1. The van der Waals surface area contributed by atoms with Crippen LogP contribution in [0.3, 0.4) is 0 Å². The van der Waals surface area contributed by atoms with Gasteiger partial charge in [-0.1, -0.05) is 100 Å². The average Bonchev–Trinajstić information content (AvgIpc) is 3.42. The predicted octanol–water partition coefficient (Wildman–Crippen LogP) is 8.15. The zero-order chi connectivity index (χ0) is 29.8. The number of aromatic nitrogens is 3. The SMILES string of the molecule is CC1=C(C(=O)Nc2ccccc2C)C(c2ccc(OCc3cccc(Br)c3)cc2)n2nc(SCc3ccccc3)nc2N1. The molecule has 1 unspecified atom stereocenters. The summed E-state index contributed by atoms with van der Waals surface area (Å²) in [6.45, 7) is 4.33. The summed E-state index contributed by atoms with van der Waals surface area (Å²) in [5, 5.41) is 12.0. The Hall–Kier alpha value is -4.34. The number of halogens is 1. The van der Waals surface area contributed by atoms with Crippen molar-refractivity contribution in [3.63, 3.8) is 0 Å². The number of carbonyl (C=O) groups is 1. The number of nitrogens with zero attached hydrogens (tertiary/aromatic N) is 3. The first kappa shape index (κ1) is 28.8. The van der Waals surface area contributed by atoms with E-state index in [2.05, 4.69) is 38.7 Å². The molecule has 2 N–H and O–H groups in total. The van der Waals surface area contributed by atoms with Gasteiger partial charge < -0.3 is 15.4 Å². The van der Waals surface area contributed by atoms with Crippen molar-refractivity contribution in [2.24, 2.45) is 0 Å². The highest BCUT2D eigenvalue weighted by Gasteiger charge is 2.34. The quantitative estimate of drug-likeness (QED) is 0.157. The average molecular weight is 653 g/mol. The van der Waals surface area contributed by atoms with Crippen molar-refractivity contribution >= 4 is 45.2 Å². The van der Waals surface area contributed by atoms with E-state index in [0.29, 0.717) is 23.3 Å². The first-order valence-electron chi connectivity index (χ1n) is 13.9. The van der Waals surface area contributed by atoms with Crippen LogP contribution in [-0.2, 0) is 17.2 Å². The fourth-order valence-corrected chi connectivity index (χ4v) is 6.19. The fourth-order valence-electron chi connectivity index (χ4n) is 4.96. The summed E-state index contributed by atoms with van der Waals surface area (Å²) in [6.07, 6.45) is 0. The Kier molecular flexibility index (Phi) is 8.62. The summed E-state index contributed by atoms with van der Waals surface area (Å²) in [6, 6.07) is 33.4. The van der Waals surface area contributed by atoms with Crippen molar-refractivity contribution in [1.82, 2.24) is 14.8 Å². The maximum atomic E-state index is 13.9. The topological polar surface area (TPSA) is 81.1 Å². The first-order chi connectivity index (χ1) is 20.9. The second kappa shape index (κ2) is 12.9. The lowest BCUT2D eigenvalue weighted by atomic mass is 9.95. The molecule has 43 heavy (non-hydrogen) atoms. The number of hydrogen-bond donors (Lipinski definition) is 2. The van der Waals surface area contributed by atoms with Crippen LogP contribution in [-0.4, -0.2) is 20.7 Å². The Morgan fingerprint density at radius 3 is 2.47 bits per heavy atom. The fraction of sp³-hybridized carbons (Fsp3) is 0.147. The minimum absolute atomic E-state index is 0.195. The molecule has 0 aliphatic carbocycles. The van der Waals surface area contributed by atoms with Crippen molar-refractivity contribution < 1.29 is 9.53 Å². The molecule has 4 aromatic carbocycles. The van der Waals surface area contributed by atoms with E-state index >= 15 is 0 Å². The Bertz CT molecular complexity index is 1790. The number of rotatable bonds is 9. The van der Waals surface area contributed by atoms with Crippen molar-refractivity contribution in [1.29, 1.82) is 0 Å². The molecule has 0 bridgehead atoms. The lowest BCUT2D eigenvalue weighted by molar-refractivity contribution is -0.113. The second-order valence-electron chi connectivity index (χ2n) is 10.3. The van der Waals surface area contributed by atoms with Crippen molar-refractivity contribution in [3.8, 4) is 5.75 Å². The third-order valence-corrected chi connectivity index (χ3v) is 8.57. The summed E-state index contributed by atoms with van der Waals surface area (Å²) in [4.78, 5) is 18.7. The Morgan fingerprint density at radius 1 is 0.953 bits per heavy atom. The second-order valence-corrected chi connectivity index (χ2v) is 12.1. The maximum Gasteiger partial charge on any atom is 0.255 e. The molecule has 1 aromatic heterocycles. The molecular formula is C34H30BrN5O2S. The minimum Gasteiger partial charge on any atom is -0.489 e. The molecule has 1 atom stereocenters. The van der Waals surface area contributed by atoms with Gasteiger partial charge in [0.15, 0.2) is 0 Å². The molecule has 0 radical (unpaired) electrons. The van der Waals surface area contributed by atoms with Gasteiger partial charge in [-0.3, -0.25) is 4.79 Å². The molecule has 9 heteroatoms. The molecule has 0 saturated heterocycles. The number of fused-ring (bicyclic) bond motifs is 1. The zero-order valence-corrected chi connectivity index (χ0v) is 26.2. The Labute approximate surface area is 263 Å². The van der Waals surface area contributed by atoms with Crippen molar-refractivity contribution in [2.45, 2.75) is 37.4 Å². The van der Waals surface area contributed by atoms with Crippen LogP contribution in [0, 0.1) is 6.92 Å². The number of nitrogens with one attached hydrogen (secondary N) is 2. The normalized spacial score (nSPS) is 14.2. The summed E-state index contributed by atoms with van der Waals surface area (Å²) < 4.78 is 8.88. The smallest absolute Gasteiger partial charge is 0.255 e. The van der Waals surface area contributed by atoms with Gasteiger partial charge in [0.2, 0.25) is 11.1 Å². The summed E-state index contributed by atoms with van der Waals surface area (Å²) in [5.41, 5.74) is 6.22. The molecule has 2 heterocycles. The molecule has 0 saturated carbocycles. The van der Waals surface area contributed by atoms with Crippen LogP contribution >= 0.6 is 27.7 Å². The lowest BCUT2D eigenvalue weighted by Crippen LogP contribution is -2.31. The van der Waals surface area contributed by atoms with Gasteiger partial charge >= 0.3 is 0 Å². The number of hydrogen-bond acceptors (Lipinski definition) is 6. The molecule has 1 aliphatic rings. The summed E-state index contributed by atoms with van der Waals surface area (Å²) in [5.74, 6) is 1.88. The van der Waals surface area contributed by atoms with Crippen LogP contribution in [0.5, 0.6) is 5.75 Å². The highest BCUT2D eigenvalue weighted by Crippen LogP contribution is 2.38. The van der Waals surface area contributed by atoms with Crippen molar-refractivity contribution in [2.75, 3.05) is 10.6 Å². The minimum atomic E-state index is -0.488. The number of aryl methyl sites for hydroxylation is 1. The summed E-state index contributed by atoms with van der Waals surface area (Å²) in [7, 11) is 0. The molecule has 1 aliphatic heterocycles. The highest BCUT2D eigenvalue weighted by atomic mass is 79.9. The Morgan fingerprint density at radius 2 is 1.70 bits per heavy atom. The monoisotopic (exact) mass is 651 g/mol. The van der Waals surface area contributed by atoms with E-state index in [1.807, 2.05) is 110 Å². The molecule has 7 nitrogen and oxygen atoms in total. The van der Waals surface area contributed by atoms with Gasteiger partial charge in [0, 0.05) is 21.6 Å². The number of allylic oxidation sites excluding steroid dienone is 1. The van der Waals surface area contributed by atoms with Gasteiger partial charge in [-0.25, -0.2) is 4.68 Å². The van der Waals surface area contributed by atoms with Crippen LogP contribution in [0.15, 0.2) is 124 Å². The lowest BCUT2D eigenvalue weighted by Gasteiger charge is -2.29. The number of ether oxygens (including phenoxy) is 1. The van der Waals surface area contributed by atoms with E-state index < -0.39 is 6.04 Å². The molecule has 0 fully saturated rings. The van der Waals surface area contributed by atoms with E-state index in [1.54, 1.807) is 11.8 Å².